The van der Waals surface area contributed by atoms with Gasteiger partial charge in [-0.15, -0.1) is 0 Å². The van der Waals surface area contributed by atoms with E-state index in [9.17, 15) is 18.0 Å². The topological polar surface area (TPSA) is 34.9 Å². The normalized spacial score (nSPS) is 11.8. The van der Waals surface area contributed by atoms with Gasteiger partial charge in [-0.05, 0) is 30.7 Å². The Hall–Kier alpha value is -2.63. The highest BCUT2D eigenvalue weighted by atomic mass is 19.4. The fourth-order valence-corrected chi connectivity index (χ4v) is 2.74. The van der Waals surface area contributed by atoms with E-state index in [2.05, 4.69) is 4.98 Å². The van der Waals surface area contributed by atoms with Crippen LogP contribution in [0.25, 0.3) is 22.3 Å². The summed E-state index contributed by atoms with van der Waals surface area (Å²) in [5, 5.41) is 0. The van der Waals surface area contributed by atoms with E-state index in [0.29, 0.717) is 17.6 Å². The van der Waals surface area contributed by atoms with Crippen molar-refractivity contribution < 1.29 is 13.2 Å². The molecule has 0 bridgehead atoms. The zero-order chi connectivity index (χ0) is 18.0. The monoisotopic (exact) mass is 346 g/mol. The number of rotatable bonds is 4. The molecule has 6 heteroatoms. The van der Waals surface area contributed by atoms with E-state index in [0.717, 1.165) is 30.5 Å². The van der Waals surface area contributed by atoms with Gasteiger partial charge in [0.05, 0.1) is 16.6 Å². The number of halogens is 3. The molecule has 1 aromatic heterocycles. The van der Waals surface area contributed by atoms with Crippen molar-refractivity contribution in [1.82, 2.24) is 9.55 Å². The summed E-state index contributed by atoms with van der Waals surface area (Å²) in [6, 6.07) is 11.8. The molecule has 0 N–H and O–H groups in total. The molecule has 0 spiro atoms. The van der Waals surface area contributed by atoms with Gasteiger partial charge in [-0.25, -0.2) is 4.98 Å². The number of nitrogens with zero attached hydrogens (tertiary/aromatic N) is 2. The van der Waals surface area contributed by atoms with Gasteiger partial charge < -0.3 is 4.57 Å². The molecule has 0 atom stereocenters. The Bertz CT molecular complexity index is 944. The summed E-state index contributed by atoms with van der Waals surface area (Å²) >= 11 is 0. The van der Waals surface area contributed by atoms with Crippen molar-refractivity contribution >= 4 is 11.0 Å². The summed E-state index contributed by atoms with van der Waals surface area (Å²) in [7, 11) is 0. The molecule has 0 fully saturated rings. The number of aryl methyl sites for hydroxylation is 1. The van der Waals surface area contributed by atoms with Crippen molar-refractivity contribution in [3.05, 3.63) is 64.4 Å². The number of alkyl halides is 3. The fourth-order valence-electron chi connectivity index (χ4n) is 2.74. The molecule has 0 aliphatic carbocycles. The molecule has 25 heavy (non-hydrogen) atoms. The molecular weight excluding hydrogens is 329 g/mol. The Kier molecular flexibility index (Phi) is 4.61. The van der Waals surface area contributed by atoms with Crippen molar-refractivity contribution in [2.45, 2.75) is 32.5 Å². The number of fused-ring (bicyclic) bond motifs is 1. The molecular formula is C19H17F3N2O. The standard InChI is InChI=1S/C19H17F3N2O/c1-2-3-12-24-16-7-5-4-6-15(16)23-17(18(24)25)13-8-10-14(11-9-13)19(20,21)22/h4-11H,2-3,12H2,1H3. The summed E-state index contributed by atoms with van der Waals surface area (Å²) in [5.74, 6) is 0. The second-order valence-corrected chi connectivity index (χ2v) is 5.83. The molecule has 0 unspecified atom stereocenters. The van der Waals surface area contributed by atoms with Gasteiger partial charge in [0, 0.05) is 12.1 Å². The van der Waals surface area contributed by atoms with Gasteiger partial charge in [-0.2, -0.15) is 13.2 Å². The summed E-state index contributed by atoms with van der Waals surface area (Å²) in [6.07, 6.45) is -2.64. The maximum Gasteiger partial charge on any atom is 0.416 e. The van der Waals surface area contributed by atoms with Crippen LogP contribution >= 0.6 is 0 Å². The second kappa shape index (κ2) is 6.70. The lowest BCUT2D eigenvalue weighted by Gasteiger charge is -2.12. The highest BCUT2D eigenvalue weighted by molar-refractivity contribution is 5.77. The molecule has 3 nitrogen and oxygen atoms in total. The minimum Gasteiger partial charge on any atom is -0.305 e. The first-order chi connectivity index (χ1) is 11.9. The largest absolute Gasteiger partial charge is 0.416 e. The van der Waals surface area contributed by atoms with E-state index >= 15 is 0 Å². The molecule has 3 aromatic rings. The van der Waals surface area contributed by atoms with Crippen LogP contribution in [0.5, 0.6) is 0 Å². The van der Waals surface area contributed by atoms with Crippen LogP contribution in [0.3, 0.4) is 0 Å². The van der Waals surface area contributed by atoms with E-state index in [1.54, 1.807) is 10.6 Å². The van der Waals surface area contributed by atoms with Crippen LogP contribution < -0.4 is 5.56 Å². The van der Waals surface area contributed by atoms with Gasteiger partial charge in [0.1, 0.15) is 5.69 Å². The lowest BCUT2D eigenvalue weighted by molar-refractivity contribution is -0.137. The average Bonchev–Trinajstić information content (AvgIpc) is 2.60. The first-order valence-electron chi connectivity index (χ1n) is 8.09. The first kappa shape index (κ1) is 17.2. The number of hydrogen-bond acceptors (Lipinski definition) is 2. The minimum absolute atomic E-state index is 0.170. The second-order valence-electron chi connectivity index (χ2n) is 5.83. The molecule has 1 heterocycles. The molecule has 0 saturated carbocycles. The summed E-state index contributed by atoms with van der Waals surface area (Å²) in [5.41, 5.74) is 0.900. The average molecular weight is 346 g/mol. The summed E-state index contributed by atoms with van der Waals surface area (Å²) in [6.45, 7) is 2.58. The Balaban J connectivity index is 2.16. The van der Waals surface area contributed by atoms with Crippen LogP contribution in [0, 0.1) is 0 Å². The van der Waals surface area contributed by atoms with Crippen molar-refractivity contribution in [3.8, 4) is 11.3 Å². The van der Waals surface area contributed by atoms with Gasteiger partial charge in [-0.1, -0.05) is 37.6 Å². The lowest BCUT2D eigenvalue weighted by atomic mass is 10.1. The van der Waals surface area contributed by atoms with Crippen LogP contribution in [-0.4, -0.2) is 9.55 Å². The summed E-state index contributed by atoms with van der Waals surface area (Å²) < 4.78 is 39.8. The smallest absolute Gasteiger partial charge is 0.305 e. The SMILES string of the molecule is CCCCn1c(=O)c(-c2ccc(C(F)(F)F)cc2)nc2ccccc21. The van der Waals surface area contributed by atoms with Crippen LogP contribution in [-0.2, 0) is 12.7 Å². The molecule has 2 aromatic carbocycles. The lowest BCUT2D eigenvalue weighted by Crippen LogP contribution is -2.23. The maximum atomic E-state index is 12.8. The molecule has 3 rings (SSSR count). The van der Waals surface area contributed by atoms with Crippen LogP contribution in [0.1, 0.15) is 25.3 Å². The Morgan fingerprint density at radius 1 is 1.04 bits per heavy atom. The van der Waals surface area contributed by atoms with Crippen LogP contribution in [0.15, 0.2) is 53.3 Å². The van der Waals surface area contributed by atoms with E-state index in [4.69, 9.17) is 0 Å². The Labute approximate surface area is 142 Å². The quantitative estimate of drug-likeness (QED) is 0.675. The molecule has 0 saturated heterocycles. The Morgan fingerprint density at radius 3 is 2.36 bits per heavy atom. The fraction of sp³-hybridized carbons (Fsp3) is 0.263. The maximum absolute atomic E-state index is 12.8. The van der Waals surface area contributed by atoms with Gasteiger partial charge >= 0.3 is 6.18 Å². The highest BCUT2D eigenvalue weighted by Gasteiger charge is 2.30. The number of aromatic nitrogens is 2. The Morgan fingerprint density at radius 2 is 1.72 bits per heavy atom. The van der Waals surface area contributed by atoms with Crippen molar-refractivity contribution in [1.29, 1.82) is 0 Å². The van der Waals surface area contributed by atoms with Crippen molar-refractivity contribution in [2.24, 2.45) is 0 Å². The third-order valence-corrected chi connectivity index (χ3v) is 4.07. The van der Waals surface area contributed by atoms with Gasteiger partial charge in [-0.3, -0.25) is 4.79 Å². The van der Waals surface area contributed by atoms with E-state index in [1.165, 1.54) is 12.1 Å². The van der Waals surface area contributed by atoms with E-state index in [1.807, 2.05) is 25.1 Å². The van der Waals surface area contributed by atoms with Gasteiger partial charge in [0.2, 0.25) is 0 Å². The highest BCUT2D eigenvalue weighted by Crippen LogP contribution is 2.30. The zero-order valence-electron chi connectivity index (χ0n) is 13.7. The predicted molar refractivity (Wildman–Crippen MR) is 91.3 cm³/mol. The minimum atomic E-state index is -4.41. The molecule has 0 aliphatic rings. The predicted octanol–water partition coefficient (Wildman–Crippen LogP) is 4.88. The summed E-state index contributed by atoms with van der Waals surface area (Å²) in [4.78, 5) is 17.2. The van der Waals surface area contributed by atoms with E-state index in [-0.39, 0.29) is 11.3 Å². The number of para-hydroxylation sites is 2. The number of unbranched alkanes of at least 4 members (excludes halogenated alkanes) is 1. The van der Waals surface area contributed by atoms with Gasteiger partial charge in [0.25, 0.3) is 5.56 Å². The molecule has 0 aliphatic heterocycles. The number of hydrogen-bond donors (Lipinski definition) is 0. The number of benzene rings is 2. The van der Waals surface area contributed by atoms with Crippen LogP contribution in [0.4, 0.5) is 13.2 Å². The third kappa shape index (κ3) is 3.43. The molecule has 130 valence electrons. The third-order valence-electron chi connectivity index (χ3n) is 4.07. The van der Waals surface area contributed by atoms with Gasteiger partial charge in [0.15, 0.2) is 0 Å². The van der Waals surface area contributed by atoms with Crippen LogP contribution in [0.2, 0.25) is 0 Å². The van der Waals surface area contributed by atoms with E-state index < -0.39 is 11.7 Å². The molecule has 0 amide bonds. The molecule has 0 radical (unpaired) electrons. The zero-order valence-corrected chi connectivity index (χ0v) is 13.7. The van der Waals surface area contributed by atoms with Crippen molar-refractivity contribution in [3.63, 3.8) is 0 Å². The van der Waals surface area contributed by atoms with Crippen molar-refractivity contribution in [2.75, 3.05) is 0 Å². The first-order valence-corrected chi connectivity index (χ1v) is 8.09.